The first-order valence-corrected chi connectivity index (χ1v) is 8.71. The molecule has 0 aromatic heterocycles. The molecule has 1 aliphatic rings. The summed E-state index contributed by atoms with van der Waals surface area (Å²) in [6.07, 6.45) is 5.67. The van der Waals surface area contributed by atoms with Gasteiger partial charge in [-0.25, -0.2) is 0 Å². The fourth-order valence-electron chi connectivity index (χ4n) is 3.46. The SMILES string of the molecule is CCC(N)Cc1cccc(Cl)c1N1CCC(CC)(CC)C1. The molecule has 0 amide bonds. The number of anilines is 1. The minimum Gasteiger partial charge on any atom is -0.370 e. The average molecular weight is 309 g/mol. The second-order valence-corrected chi connectivity index (χ2v) is 6.91. The zero-order chi connectivity index (χ0) is 15.5. The van der Waals surface area contributed by atoms with Crippen molar-refractivity contribution in [2.24, 2.45) is 11.1 Å². The Kier molecular flexibility index (Phi) is 5.56. The highest BCUT2D eigenvalue weighted by Gasteiger charge is 2.36. The average Bonchev–Trinajstić information content (AvgIpc) is 2.92. The summed E-state index contributed by atoms with van der Waals surface area (Å²) in [7, 11) is 0. The Morgan fingerprint density at radius 2 is 2.00 bits per heavy atom. The molecule has 0 bridgehead atoms. The normalized spacial score (nSPS) is 19.0. The molecule has 1 fully saturated rings. The second-order valence-electron chi connectivity index (χ2n) is 6.50. The van der Waals surface area contributed by atoms with Gasteiger partial charge in [0.25, 0.3) is 0 Å². The van der Waals surface area contributed by atoms with E-state index in [1.165, 1.54) is 30.5 Å². The van der Waals surface area contributed by atoms with Gasteiger partial charge in [-0.2, -0.15) is 0 Å². The van der Waals surface area contributed by atoms with Crippen LogP contribution in [0, 0.1) is 5.41 Å². The van der Waals surface area contributed by atoms with Gasteiger partial charge in [-0.05, 0) is 49.1 Å². The van der Waals surface area contributed by atoms with E-state index in [-0.39, 0.29) is 6.04 Å². The number of nitrogens with two attached hydrogens (primary N) is 1. The predicted octanol–water partition coefficient (Wildman–Crippen LogP) is 4.64. The third kappa shape index (κ3) is 3.54. The van der Waals surface area contributed by atoms with Crippen LogP contribution in [0.15, 0.2) is 18.2 Å². The summed E-state index contributed by atoms with van der Waals surface area (Å²) < 4.78 is 0. The molecule has 1 aliphatic heterocycles. The first kappa shape index (κ1) is 16.6. The van der Waals surface area contributed by atoms with Crippen LogP contribution in [0.5, 0.6) is 0 Å². The van der Waals surface area contributed by atoms with Crippen molar-refractivity contribution in [2.45, 2.75) is 58.9 Å². The summed E-state index contributed by atoms with van der Waals surface area (Å²) >= 11 is 6.53. The van der Waals surface area contributed by atoms with Gasteiger partial charge >= 0.3 is 0 Å². The van der Waals surface area contributed by atoms with Crippen molar-refractivity contribution in [1.29, 1.82) is 0 Å². The van der Waals surface area contributed by atoms with Crippen LogP contribution in [-0.4, -0.2) is 19.1 Å². The third-order valence-electron chi connectivity index (χ3n) is 5.33. The molecule has 1 heterocycles. The van der Waals surface area contributed by atoms with Gasteiger partial charge in [-0.3, -0.25) is 0 Å². The minimum atomic E-state index is 0.215. The molecule has 3 heteroatoms. The Morgan fingerprint density at radius 3 is 2.57 bits per heavy atom. The van der Waals surface area contributed by atoms with E-state index >= 15 is 0 Å². The number of hydrogen-bond acceptors (Lipinski definition) is 2. The molecule has 1 aromatic rings. The fraction of sp³-hybridized carbons (Fsp3) is 0.667. The molecule has 0 aliphatic carbocycles. The molecule has 118 valence electrons. The highest BCUT2D eigenvalue weighted by Crippen LogP contribution is 2.42. The quantitative estimate of drug-likeness (QED) is 0.829. The largest absolute Gasteiger partial charge is 0.370 e. The fourth-order valence-corrected chi connectivity index (χ4v) is 3.77. The molecule has 1 aromatic carbocycles. The number of halogens is 1. The van der Waals surface area contributed by atoms with Crippen LogP contribution in [0.25, 0.3) is 0 Å². The van der Waals surface area contributed by atoms with Crippen molar-refractivity contribution in [3.8, 4) is 0 Å². The van der Waals surface area contributed by atoms with Crippen LogP contribution >= 0.6 is 11.6 Å². The highest BCUT2D eigenvalue weighted by atomic mass is 35.5. The Bertz CT molecular complexity index is 468. The maximum atomic E-state index is 6.53. The van der Waals surface area contributed by atoms with Crippen molar-refractivity contribution in [2.75, 3.05) is 18.0 Å². The number of nitrogens with zero attached hydrogens (tertiary/aromatic N) is 1. The van der Waals surface area contributed by atoms with Crippen LogP contribution in [0.4, 0.5) is 5.69 Å². The standard InChI is InChI=1S/C18H29ClN2/c1-4-15(20)12-14-8-7-9-16(19)17(14)21-11-10-18(5-2,6-3)13-21/h7-9,15H,4-6,10-13,20H2,1-3H3. The van der Waals surface area contributed by atoms with Crippen molar-refractivity contribution < 1.29 is 0 Å². The van der Waals surface area contributed by atoms with Crippen molar-refractivity contribution >= 4 is 17.3 Å². The Hall–Kier alpha value is -0.730. The molecule has 0 radical (unpaired) electrons. The monoisotopic (exact) mass is 308 g/mol. The number of benzene rings is 1. The van der Waals surface area contributed by atoms with E-state index in [9.17, 15) is 0 Å². The molecular weight excluding hydrogens is 280 g/mol. The molecular formula is C18H29ClN2. The molecule has 1 atom stereocenters. The van der Waals surface area contributed by atoms with Gasteiger partial charge < -0.3 is 10.6 Å². The molecule has 1 unspecified atom stereocenters. The lowest BCUT2D eigenvalue weighted by Crippen LogP contribution is -2.28. The van der Waals surface area contributed by atoms with Gasteiger partial charge in [0.1, 0.15) is 0 Å². The molecule has 0 spiro atoms. The van der Waals surface area contributed by atoms with E-state index in [4.69, 9.17) is 17.3 Å². The zero-order valence-electron chi connectivity index (χ0n) is 13.7. The lowest BCUT2D eigenvalue weighted by Gasteiger charge is -2.29. The zero-order valence-corrected chi connectivity index (χ0v) is 14.4. The van der Waals surface area contributed by atoms with Crippen molar-refractivity contribution in [1.82, 2.24) is 0 Å². The van der Waals surface area contributed by atoms with Gasteiger partial charge in [-0.15, -0.1) is 0 Å². The summed E-state index contributed by atoms with van der Waals surface area (Å²) in [4.78, 5) is 2.49. The number of hydrogen-bond donors (Lipinski definition) is 1. The lowest BCUT2D eigenvalue weighted by atomic mass is 9.82. The van der Waals surface area contributed by atoms with Crippen LogP contribution in [0.1, 0.15) is 52.0 Å². The van der Waals surface area contributed by atoms with Crippen molar-refractivity contribution in [3.63, 3.8) is 0 Å². The van der Waals surface area contributed by atoms with Crippen LogP contribution < -0.4 is 10.6 Å². The number of rotatable bonds is 6. The van der Waals surface area contributed by atoms with Crippen LogP contribution in [0.3, 0.4) is 0 Å². The Balaban J connectivity index is 2.27. The summed E-state index contributed by atoms with van der Waals surface area (Å²) in [5.41, 5.74) is 9.16. The molecule has 1 saturated heterocycles. The van der Waals surface area contributed by atoms with Gasteiger partial charge in [0.05, 0.1) is 10.7 Å². The lowest BCUT2D eigenvalue weighted by molar-refractivity contribution is 0.301. The third-order valence-corrected chi connectivity index (χ3v) is 5.64. The van der Waals surface area contributed by atoms with E-state index in [1.807, 2.05) is 12.1 Å². The maximum Gasteiger partial charge on any atom is 0.0642 e. The molecule has 0 saturated carbocycles. The highest BCUT2D eigenvalue weighted by molar-refractivity contribution is 6.33. The molecule has 2 N–H and O–H groups in total. The first-order valence-electron chi connectivity index (χ1n) is 8.33. The van der Waals surface area contributed by atoms with Gasteiger partial charge in [0.2, 0.25) is 0 Å². The summed E-state index contributed by atoms with van der Waals surface area (Å²) in [5, 5.41) is 0.874. The Morgan fingerprint density at radius 1 is 1.29 bits per heavy atom. The van der Waals surface area contributed by atoms with Gasteiger partial charge in [-0.1, -0.05) is 44.5 Å². The second kappa shape index (κ2) is 7.02. The smallest absolute Gasteiger partial charge is 0.0642 e. The summed E-state index contributed by atoms with van der Waals surface area (Å²) in [5.74, 6) is 0. The van der Waals surface area contributed by atoms with Gasteiger partial charge in [0, 0.05) is 19.1 Å². The number of para-hydroxylation sites is 1. The van der Waals surface area contributed by atoms with Crippen LogP contribution in [-0.2, 0) is 6.42 Å². The minimum absolute atomic E-state index is 0.215. The molecule has 2 rings (SSSR count). The van der Waals surface area contributed by atoms with E-state index in [0.717, 1.165) is 31.0 Å². The predicted molar refractivity (Wildman–Crippen MR) is 93.3 cm³/mol. The van der Waals surface area contributed by atoms with Gasteiger partial charge in [0.15, 0.2) is 0 Å². The summed E-state index contributed by atoms with van der Waals surface area (Å²) in [6.45, 7) is 9.00. The molecule has 2 nitrogen and oxygen atoms in total. The molecule has 21 heavy (non-hydrogen) atoms. The summed E-state index contributed by atoms with van der Waals surface area (Å²) in [6, 6.07) is 6.46. The topological polar surface area (TPSA) is 29.3 Å². The van der Waals surface area contributed by atoms with Crippen LogP contribution in [0.2, 0.25) is 5.02 Å². The van der Waals surface area contributed by atoms with E-state index in [0.29, 0.717) is 5.41 Å². The van der Waals surface area contributed by atoms with E-state index < -0.39 is 0 Å². The Labute approximate surface area is 134 Å². The van der Waals surface area contributed by atoms with E-state index in [1.54, 1.807) is 0 Å². The first-order chi connectivity index (χ1) is 10.0. The maximum absolute atomic E-state index is 6.53. The van der Waals surface area contributed by atoms with Crippen molar-refractivity contribution in [3.05, 3.63) is 28.8 Å². The van der Waals surface area contributed by atoms with E-state index in [2.05, 4.69) is 31.7 Å².